The van der Waals surface area contributed by atoms with Crippen LogP contribution in [-0.4, -0.2) is 38.3 Å². The largest absolute Gasteiger partial charge is 0.356 e. The molecule has 0 saturated carbocycles. The van der Waals surface area contributed by atoms with Crippen molar-refractivity contribution in [3.05, 3.63) is 66.0 Å². The highest BCUT2D eigenvalue weighted by Gasteiger charge is 2.29. The van der Waals surface area contributed by atoms with Crippen molar-refractivity contribution in [2.75, 3.05) is 19.6 Å². The van der Waals surface area contributed by atoms with Crippen molar-refractivity contribution < 1.29 is 17.6 Å². The predicted molar refractivity (Wildman–Crippen MR) is 115 cm³/mol. The number of hydrogen-bond acceptors (Lipinski definition) is 3. The average Bonchev–Trinajstić information content (AvgIpc) is 2.76. The first-order chi connectivity index (χ1) is 14.4. The lowest BCUT2D eigenvalue weighted by Crippen LogP contribution is -2.38. The third-order valence-electron chi connectivity index (χ3n) is 5.59. The van der Waals surface area contributed by atoms with E-state index in [-0.39, 0.29) is 10.8 Å². The highest BCUT2D eigenvalue weighted by molar-refractivity contribution is 7.89. The number of carbonyl (C=O) groups is 1. The molecule has 0 radical (unpaired) electrons. The maximum absolute atomic E-state index is 13.4. The normalized spacial score (nSPS) is 15.8. The molecule has 0 aliphatic carbocycles. The lowest BCUT2D eigenvalue weighted by Gasteiger charge is -2.31. The maximum atomic E-state index is 13.4. The maximum Gasteiger partial charge on any atom is 0.243 e. The van der Waals surface area contributed by atoms with Crippen LogP contribution < -0.4 is 5.32 Å². The molecule has 1 saturated heterocycles. The minimum absolute atomic E-state index is 0.00386. The Morgan fingerprint density at radius 2 is 1.80 bits per heavy atom. The molecule has 1 fully saturated rings. The number of aryl methyl sites for hydroxylation is 1. The quantitative estimate of drug-likeness (QED) is 0.614. The number of rotatable bonds is 9. The molecule has 2 aromatic carbocycles. The van der Waals surface area contributed by atoms with Crippen LogP contribution in [0.25, 0.3) is 0 Å². The van der Waals surface area contributed by atoms with Gasteiger partial charge in [0.05, 0.1) is 4.90 Å². The molecule has 7 heteroatoms. The van der Waals surface area contributed by atoms with Crippen molar-refractivity contribution >= 4 is 15.9 Å². The minimum atomic E-state index is -3.66. The van der Waals surface area contributed by atoms with Crippen LogP contribution in [0, 0.1) is 11.7 Å². The van der Waals surface area contributed by atoms with Crippen LogP contribution >= 0.6 is 0 Å². The van der Waals surface area contributed by atoms with Crippen molar-refractivity contribution in [3.63, 3.8) is 0 Å². The number of benzene rings is 2. The van der Waals surface area contributed by atoms with Crippen molar-refractivity contribution in [1.82, 2.24) is 9.62 Å². The van der Waals surface area contributed by atoms with E-state index in [0.29, 0.717) is 32.0 Å². The molecule has 0 unspecified atom stereocenters. The van der Waals surface area contributed by atoms with E-state index >= 15 is 0 Å². The summed E-state index contributed by atoms with van der Waals surface area (Å²) in [5.41, 5.74) is 1.27. The van der Waals surface area contributed by atoms with Gasteiger partial charge < -0.3 is 5.32 Å². The highest BCUT2D eigenvalue weighted by atomic mass is 32.2. The molecule has 1 aliphatic heterocycles. The lowest BCUT2D eigenvalue weighted by atomic mass is 9.93. The zero-order valence-corrected chi connectivity index (χ0v) is 17.9. The van der Waals surface area contributed by atoms with Gasteiger partial charge in [0.15, 0.2) is 0 Å². The fourth-order valence-corrected chi connectivity index (χ4v) is 5.31. The molecule has 0 aromatic heterocycles. The number of sulfonamides is 1. The van der Waals surface area contributed by atoms with Gasteiger partial charge in [-0.05, 0) is 61.8 Å². The van der Waals surface area contributed by atoms with E-state index in [1.807, 2.05) is 18.2 Å². The Balaban J connectivity index is 1.35. The molecule has 1 N–H and O–H groups in total. The molecule has 162 valence electrons. The number of amides is 1. The van der Waals surface area contributed by atoms with Crippen molar-refractivity contribution in [2.45, 2.75) is 43.4 Å². The smallest absolute Gasteiger partial charge is 0.243 e. The highest BCUT2D eigenvalue weighted by Crippen LogP contribution is 2.26. The molecule has 30 heavy (non-hydrogen) atoms. The van der Waals surface area contributed by atoms with Crippen LogP contribution in [0.1, 0.15) is 37.7 Å². The first-order valence-electron chi connectivity index (χ1n) is 10.5. The minimum Gasteiger partial charge on any atom is -0.356 e. The fraction of sp³-hybridized carbons (Fsp3) is 0.435. The molecule has 5 nitrogen and oxygen atoms in total. The Hall–Kier alpha value is -2.25. The average molecular weight is 433 g/mol. The molecule has 0 atom stereocenters. The van der Waals surface area contributed by atoms with E-state index in [4.69, 9.17) is 0 Å². The first-order valence-corrected chi connectivity index (χ1v) is 12.0. The second-order valence-corrected chi connectivity index (χ2v) is 9.72. The zero-order valence-electron chi connectivity index (χ0n) is 17.1. The van der Waals surface area contributed by atoms with E-state index in [9.17, 15) is 17.6 Å². The number of carbonyl (C=O) groups excluding carboxylic acids is 1. The van der Waals surface area contributed by atoms with Crippen LogP contribution in [0.15, 0.2) is 59.5 Å². The Morgan fingerprint density at radius 1 is 1.07 bits per heavy atom. The molecular formula is C23H29FN2O3S. The van der Waals surface area contributed by atoms with Gasteiger partial charge in [-0.15, -0.1) is 0 Å². The summed E-state index contributed by atoms with van der Waals surface area (Å²) in [5.74, 6) is -0.169. The molecule has 3 rings (SSSR count). The predicted octanol–water partition coefficient (Wildman–Crippen LogP) is 3.76. The van der Waals surface area contributed by atoms with Crippen molar-refractivity contribution in [1.29, 1.82) is 0 Å². The number of halogens is 1. The number of piperidine rings is 1. The fourth-order valence-electron chi connectivity index (χ4n) is 3.80. The van der Waals surface area contributed by atoms with Gasteiger partial charge in [0, 0.05) is 26.1 Å². The Morgan fingerprint density at radius 3 is 2.50 bits per heavy atom. The topological polar surface area (TPSA) is 66.5 Å². The molecule has 2 aromatic rings. The SMILES string of the molecule is O=C(CCC1CCN(S(=O)(=O)c2cccc(F)c2)CC1)NCCCc1ccccc1. The molecular weight excluding hydrogens is 403 g/mol. The monoisotopic (exact) mass is 432 g/mol. The second kappa shape index (κ2) is 10.7. The summed E-state index contributed by atoms with van der Waals surface area (Å²) in [5, 5.41) is 2.97. The molecule has 0 spiro atoms. The van der Waals surface area contributed by atoms with E-state index in [2.05, 4.69) is 17.4 Å². The number of nitrogens with one attached hydrogen (secondary N) is 1. The number of nitrogens with zero attached hydrogens (tertiary/aromatic N) is 1. The second-order valence-electron chi connectivity index (χ2n) is 7.78. The van der Waals surface area contributed by atoms with Gasteiger partial charge in [-0.25, -0.2) is 12.8 Å². The van der Waals surface area contributed by atoms with Gasteiger partial charge in [-0.2, -0.15) is 4.31 Å². The standard InChI is InChI=1S/C23H29FN2O3S/c24-21-9-4-10-22(18-21)30(28,29)26-16-13-20(14-17-26)11-12-23(27)25-15-5-8-19-6-2-1-3-7-19/h1-4,6-7,9-10,18,20H,5,8,11-17H2,(H,25,27). The van der Waals surface area contributed by atoms with Gasteiger partial charge in [-0.3, -0.25) is 4.79 Å². The number of hydrogen-bond donors (Lipinski definition) is 1. The molecule has 1 aliphatic rings. The summed E-state index contributed by atoms with van der Waals surface area (Å²) in [6.07, 6.45) is 4.52. The summed E-state index contributed by atoms with van der Waals surface area (Å²) in [6.45, 7) is 1.47. The third kappa shape index (κ3) is 6.37. The summed E-state index contributed by atoms with van der Waals surface area (Å²) in [4.78, 5) is 12.1. The van der Waals surface area contributed by atoms with Crippen molar-refractivity contribution in [3.8, 4) is 0 Å². The van der Waals surface area contributed by atoms with Gasteiger partial charge in [0.25, 0.3) is 0 Å². The Bertz CT molecular complexity index is 926. The van der Waals surface area contributed by atoms with E-state index in [1.54, 1.807) is 0 Å². The van der Waals surface area contributed by atoms with Crippen LogP contribution in [0.3, 0.4) is 0 Å². The Kier molecular flexibility index (Phi) is 7.99. The zero-order chi connectivity index (χ0) is 21.4. The van der Waals surface area contributed by atoms with E-state index < -0.39 is 15.8 Å². The third-order valence-corrected chi connectivity index (χ3v) is 7.49. The molecule has 0 bridgehead atoms. The van der Waals surface area contributed by atoms with Gasteiger partial charge in [-0.1, -0.05) is 36.4 Å². The van der Waals surface area contributed by atoms with Crippen LogP contribution in [-0.2, 0) is 21.2 Å². The summed E-state index contributed by atoms with van der Waals surface area (Å²) in [7, 11) is -3.66. The van der Waals surface area contributed by atoms with Gasteiger partial charge >= 0.3 is 0 Å². The lowest BCUT2D eigenvalue weighted by molar-refractivity contribution is -0.121. The molecule has 1 heterocycles. The van der Waals surface area contributed by atoms with E-state index in [0.717, 1.165) is 38.2 Å². The van der Waals surface area contributed by atoms with Crippen LogP contribution in [0.5, 0.6) is 0 Å². The Labute approximate surface area is 178 Å². The first kappa shape index (κ1) is 22.4. The van der Waals surface area contributed by atoms with E-state index in [1.165, 1.54) is 28.1 Å². The van der Waals surface area contributed by atoms with Gasteiger partial charge in [0.2, 0.25) is 15.9 Å². The van der Waals surface area contributed by atoms with Crippen LogP contribution in [0.2, 0.25) is 0 Å². The summed E-state index contributed by atoms with van der Waals surface area (Å²) >= 11 is 0. The van der Waals surface area contributed by atoms with Crippen LogP contribution in [0.4, 0.5) is 4.39 Å². The summed E-state index contributed by atoms with van der Waals surface area (Å²) in [6, 6.07) is 15.3. The van der Waals surface area contributed by atoms with Crippen molar-refractivity contribution in [2.24, 2.45) is 5.92 Å². The van der Waals surface area contributed by atoms with Gasteiger partial charge in [0.1, 0.15) is 5.82 Å². The summed E-state index contributed by atoms with van der Waals surface area (Å²) < 4.78 is 40.1. The molecule has 1 amide bonds.